The van der Waals surface area contributed by atoms with Crippen LogP contribution in [0.1, 0.15) is 13.3 Å². The summed E-state index contributed by atoms with van der Waals surface area (Å²) in [6, 6.07) is -0.859. The van der Waals surface area contributed by atoms with E-state index in [0.29, 0.717) is 6.42 Å². The van der Waals surface area contributed by atoms with E-state index in [1.54, 1.807) is 6.92 Å². The van der Waals surface area contributed by atoms with E-state index >= 15 is 0 Å². The predicted octanol–water partition coefficient (Wildman–Crippen LogP) is -0.186. The molecular formula is C7H15NO5. The quantitative estimate of drug-likeness (QED) is 0.577. The second-order valence-electron chi connectivity index (χ2n) is 1.93. The molecule has 3 N–H and O–H groups in total. The first-order valence-electron chi connectivity index (χ1n) is 3.63. The third kappa shape index (κ3) is 7.07. The molecule has 0 saturated carbocycles. The molecule has 0 fully saturated rings. The zero-order chi connectivity index (χ0) is 10.9. The molecule has 1 unspecified atom stereocenters. The molecule has 0 aromatic rings. The highest BCUT2D eigenvalue weighted by Crippen LogP contribution is 1.90. The Labute approximate surface area is 76.5 Å². The normalized spacial score (nSPS) is 10.5. The van der Waals surface area contributed by atoms with E-state index in [9.17, 15) is 9.59 Å². The fourth-order valence-electron chi connectivity index (χ4n) is 0.540. The molecule has 0 bridgehead atoms. The van der Waals surface area contributed by atoms with Gasteiger partial charge in [0.2, 0.25) is 0 Å². The van der Waals surface area contributed by atoms with Crippen molar-refractivity contribution < 1.29 is 24.5 Å². The molecular weight excluding hydrogens is 178 g/mol. The van der Waals surface area contributed by atoms with Crippen LogP contribution in [-0.2, 0) is 9.53 Å². The molecule has 0 radical (unpaired) electrons. The van der Waals surface area contributed by atoms with Crippen molar-refractivity contribution in [3.63, 3.8) is 0 Å². The van der Waals surface area contributed by atoms with Crippen LogP contribution < -0.4 is 5.32 Å². The van der Waals surface area contributed by atoms with Crippen LogP contribution in [0.4, 0.5) is 4.79 Å². The van der Waals surface area contributed by atoms with Gasteiger partial charge in [0, 0.05) is 7.11 Å². The number of rotatable bonds is 3. The van der Waals surface area contributed by atoms with Crippen molar-refractivity contribution in [1.82, 2.24) is 5.32 Å². The van der Waals surface area contributed by atoms with Gasteiger partial charge < -0.3 is 20.3 Å². The van der Waals surface area contributed by atoms with Crippen molar-refractivity contribution in [3.8, 4) is 0 Å². The van der Waals surface area contributed by atoms with Gasteiger partial charge in [0.1, 0.15) is 6.04 Å². The van der Waals surface area contributed by atoms with Crippen LogP contribution >= 0.6 is 0 Å². The summed E-state index contributed by atoms with van der Waals surface area (Å²) in [6.07, 6.45) is -0.385. The first-order valence-corrected chi connectivity index (χ1v) is 3.63. The average molecular weight is 193 g/mol. The van der Waals surface area contributed by atoms with Gasteiger partial charge in [0.25, 0.3) is 0 Å². The first kappa shape index (κ1) is 14.2. The zero-order valence-corrected chi connectivity index (χ0v) is 7.90. The minimum absolute atomic E-state index is 0.338. The minimum Gasteiger partial charge on any atom is -0.480 e. The largest absolute Gasteiger partial charge is 0.480 e. The number of hydrogen-bond donors (Lipinski definition) is 3. The van der Waals surface area contributed by atoms with E-state index in [1.165, 1.54) is 7.11 Å². The van der Waals surface area contributed by atoms with Crippen molar-refractivity contribution in [1.29, 1.82) is 0 Å². The number of aliphatic hydroxyl groups is 1. The van der Waals surface area contributed by atoms with Gasteiger partial charge in [-0.3, -0.25) is 0 Å². The molecule has 6 heteroatoms. The highest BCUT2D eigenvalue weighted by molar-refractivity contribution is 5.79. The summed E-state index contributed by atoms with van der Waals surface area (Å²) in [7, 11) is 2.18. The Morgan fingerprint density at radius 2 is 1.92 bits per heavy atom. The molecule has 0 saturated heterocycles. The lowest BCUT2D eigenvalue weighted by Crippen LogP contribution is -2.40. The Morgan fingerprint density at radius 3 is 2.15 bits per heavy atom. The summed E-state index contributed by atoms with van der Waals surface area (Å²) >= 11 is 0. The monoisotopic (exact) mass is 193 g/mol. The molecule has 0 aliphatic carbocycles. The maximum absolute atomic E-state index is 10.5. The van der Waals surface area contributed by atoms with Gasteiger partial charge in [0.15, 0.2) is 0 Å². The third-order valence-electron chi connectivity index (χ3n) is 1.18. The van der Waals surface area contributed by atoms with Crippen molar-refractivity contribution in [2.75, 3.05) is 14.2 Å². The summed E-state index contributed by atoms with van der Waals surface area (Å²) in [5.74, 6) is -1.06. The van der Waals surface area contributed by atoms with E-state index in [2.05, 4.69) is 10.1 Å². The standard InChI is InChI=1S/C6H11NO4.CH4O/c1-3-4(5(8)9)7-6(10)11-2;1-2/h4H,3H2,1-2H3,(H,7,10)(H,8,9);2H,1H3. The Bertz CT molecular complexity index is 159. The molecule has 6 nitrogen and oxygen atoms in total. The highest BCUT2D eigenvalue weighted by Gasteiger charge is 2.16. The number of carbonyl (C=O) groups excluding carboxylic acids is 1. The smallest absolute Gasteiger partial charge is 0.407 e. The Morgan fingerprint density at radius 1 is 1.46 bits per heavy atom. The maximum atomic E-state index is 10.5. The fraction of sp³-hybridized carbons (Fsp3) is 0.714. The Balaban J connectivity index is 0. The molecule has 0 aliphatic rings. The van der Waals surface area contributed by atoms with E-state index in [-0.39, 0.29) is 0 Å². The number of carboxylic acid groups (broad SMARTS) is 1. The van der Waals surface area contributed by atoms with Gasteiger partial charge in [-0.2, -0.15) is 0 Å². The lowest BCUT2D eigenvalue weighted by atomic mass is 10.2. The van der Waals surface area contributed by atoms with Gasteiger partial charge in [0.05, 0.1) is 7.11 Å². The van der Waals surface area contributed by atoms with Crippen molar-refractivity contribution in [2.24, 2.45) is 0 Å². The van der Waals surface area contributed by atoms with Crippen LogP contribution in [-0.4, -0.2) is 42.5 Å². The van der Waals surface area contributed by atoms with Crippen LogP contribution in [0.2, 0.25) is 0 Å². The number of methoxy groups -OCH3 is 1. The SMILES string of the molecule is CCC(NC(=O)OC)C(=O)O.CO. The van der Waals surface area contributed by atoms with Crippen molar-refractivity contribution in [2.45, 2.75) is 19.4 Å². The van der Waals surface area contributed by atoms with E-state index in [4.69, 9.17) is 10.2 Å². The molecule has 0 aromatic carbocycles. The molecule has 1 atom stereocenters. The molecule has 13 heavy (non-hydrogen) atoms. The summed E-state index contributed by atoms with van der Waals surface area (Å²) in [4.78, 5) is 20.8. The zero-order valence-electron chi connectivity index (χ0n) is 7.90. The molecule has 0 heterocycles. The van der Waals surface area contributed by atoms with Crippen molar-refractivity contribution >= 4 is 12.1 Å². The molecule has 0 rings (SSSR count). The van der Waals surface area contributed by atoms with Gasteiger partial charge >= 0.3 is 12.1 Å². The van der Waals surface area contributed by atoms with Gasteiger partial charge in [-0.25, -0.2) is 9.59 Å². The number of aliphatic hydroxyl groups excluding tert-OH is 1. The fourth-order valence-corrected chi connectivity index (χ4v) is 0.540. The van der Waals surface area contributed by atoms with E-state index < -0.39 is 18.1 Å². The van der Waals surface area contributed by atoms with Crippen LogP contribution in [0.3, 0.4) is 0 Å². The summed E-state index contributed by atoms with van der Waals surface area (Å²) in [5, 5.41) is 17.6. The number of hydrogen-bond acceptors (Lipinski definition) is 4. The summed E-state index contributed by atoms with van der Waals surface area (Å²) < 4.78 is 4.22. The molecule has 0 spiro atoms. The van der Waals surface area contributed by atoms with Gasteiger partial charge in [-0.05, 0) is 6.42 Å². The van der Waals surface area contributed by atoms with Gasteiger partial charge in [-0.15, -0.1) is 0 Å². The summed E-state index contributed by atoms with van der Waals surface area (Å²) in [5.41, 5.74) is 0. The van der Waals surface area contributed by atoms with Gasteiger partial charge in [-0.1, -0.05) is 6.92 Å². The maximum Gasteiger partial charge on any atom is 0.407 e. The number of alkyl carbamates (subject to hydrolysis) is 1. The summed E-state index contributed by atoms with van der Waals surface area (Å²) in [6.45, 7) is 1.66. The molecule has 0 aromatic heterocycles. The number of amides is 1. The van der Waals surface area contributed by atoms with Crippen LogP contribution in [0.5, 0.6) is 0 Å². The second-order valence-corrected chi connectivity index (χ2v) is 1.93. The number of carbonyl (C=O) groups is 2. The topological polar surface area (TPSA) is 95.9 Å². The van der Waals surface area contributed by atoms with E-state index in [1.807, 2.05) is 0 Å². The minimum atomic E-state index is -1.06. The Hall–Kier alpha value is -1.30. The lowest BCUT2D eigenvalue weighted by molar-refractivity contribution is -0.139. The Kier molecular flexibility index (Phi) is 9.63. The predicted molar refractivity (Wildman–Crippen MR) is 45.4 cm³/mol. The molecule has 1 amide bonds. The number of aliphatic carboxylic acids is 1. The lowest BCUT2D eigenvalue weighted by Gasteiger charge is -2.09. The van der Waals surface area contributed by atoms with Crippen LogP contribution in [0.15, 0.2) is 0 Å². The first-order chi connectivity index (χ1) is 6.11. The highest BCUT2D eigenvalue weighted by atomic mass is 16.5. The average Bonchev–Trinajstić information content (AvgIpc) is 2.16. The van der Waals surface area contributed by atoms with Crippen LogP contribution in [0, 0.1) is 0 Å². The molecule has 0 aliphatic heterocycles. The number of ether oxygens (including phenoxy) is 1. The second kappa shape index (κ2) is 8.79. The third-order valence-corrected chi connectivity index (χ3v) is 1.18. The number of carboxylic acids is 1. The van der Waals surface area contributed by atoms with Crippen LogP contribution in [0.25, 0.3) is 0 Å². The van der Waals surface area contributed by atoms with Crippen molar-refractivity contribution in [3.05, 3.63) is 0 Å². The number of nitrogens with one attached hydrogen (secondary N) is 1. The van der Waals surface area contributed by atoms with E-state index in [0.717, 1.165) is 7.11 Å². The molecule has 78 valence electrons.